The van der Waals surface area contributed by atoms with Gasteiger partial charge in [0.05, 0.1) is 30.2 Å². The molecule has 0 aliphatic rings. The third kappa shape index (κ3) is 3.00. The van der Waals surface area contributed by atoms with Gasteiger partial charge in [0.2, 0.25) is 0 Å². The van der Waals surface area contributed by atoms with Gasteiger partial charge in [-0.05, 0) is 30.7 Å². The lowest BCUT2D eigenvalue weighted by Crippen LogP contribution is -2.14. The summed E-state index contributed by atoms with van der Waals surface area (Å²) in [5, 5.41) is 2.83. The van der Waals surface area contributed by atoms with Crippen molar-refractivity contribution >= 4 is 28.9 Å². The number of anilines is 2. The van der Waals surface area contributed by atoms with Crippen LogP contribution in [0.5, 0.6) is 5.75 Å². The van der Waals surface area contributed by atoms with Gasteiger partial charge in [0.1, 0.15) is 10.9 Å². The molecule has 0 unspecified atom stereocenters. The van der Waals surface area contributed by atoms with E-state index in [0.717, 1.165) is 5.56 Å². The number of nitrogens with one attached hydrogen (secondary N) is 1. The Bertz CT molecular complexity index is 659. The van der Waals surface area contributed by atoms with Gasteiger partial charge in [0.15, 0.2) is 0 Å². The number of nitrogens with zero attached hydrogens (tertiary/aromatic N) is 1. The molecule has 2 aromatic rings. The van der Waals surface area contributed by atoms with Crippen molar-refractivity contribution in [3.63, 3.8) is 0 Å². The lowest BCUT2D eigenvalue weighted by molar-refractivity contribution is 0.102. The van der Waals surface area contributed by atoms with Gasteiger partial charge >= 0.3 is 0 Å². The molecule has 1 heterocycles. The Hall–Kier alpha value is -2.27. The number of ether oxygens (including phenoxy) is 1. The van der Waals surface area contributed by atoms with E-state index in [-0.39, 0.29) is 10.7 Å². The summed E-state index contributed by atoms with van der Waals surface area (Å²) in [4.78, 5) is 16.0. The summed E-state index contributed by atoms with van der Waals surface area (Å²) in [6.45, 7) is 1.94. The maximum Gasteiger partial charge on any atom is 0.258 e. The van der Waals surface area contributed by atoms with Crippen LogP contribution in [-0.2, 0) is 0 Å². The fraction of sp³-hybridized carbons (Fsp3) is 0.143. The van der Waals surface area contributed by atoms with Crippen LogP contribution in [0, 0.1) is 6.92 Å². The predicted octanol–water partition coefficient (Wildman–Crippen LogP) is 2.89. The minimum Gasteiger partial charge on any atom is -0.495 e. The van der Waals surface area contributed by atoms with E-state index in [9.17, 15) is 4.79 Å². The lowest BCUT2D eigenvalue weighted by Gasteiger charge is -2.11. The molecule has 3 N–H and O–H groups in total. The summed E-state index contributed by atoms with van der Waals surface area (Å²) in [7, 11) is 1.54. The molecular weight excluding hydrogens is 278 g/mol. The van der Waals surface area contributed by atoms with Crippen molar-refractivity contribution in [2.24, 2.45) is 0 Å². The molecule has 1 amide bonds. The summed E-state index contributed by atoms with van der Waals surface area (Å²) in [5.41, 5.74) is 7.78. The number of nitrogens with two attached hydrogens (primary N) is 1. The van der Waals surface area contributed by atoms with E-state index in [4.69, 9.17) is 22.1 Å². The Morgan fingerprint density at radius 3 is 2.85 bits per heavy atom. The average molecular weight is 292 g/mol. The largest absolute Gasteiger partial charge is 0.495 e. The lowest BCUT2D eigenvalue weighted by atomic mass is 10.2. The molecule has 0 atom stereocenters. The van der Waals surface area contributed by atoms with Gasteiger partial charge in [-0.25, -0.2) is 4.98 Å². The molecule has 0 saturated carbocycles. The van der Waals surface area contributed by atoms with E-state index in [0.29, 0.717) is 17.1 Å². The van der Waals surface area contributed by atoms with Crippen LogP contribution in [0.1, 0.15) is 15.9 Å². The second kappa shape index (κ2) is 5.79. The first-order chi connectivity index (χ1) is 9.51. The van der Waals surface area contributed by atoms with E-state index in [1.54, 1.807) is 13.2 Å². The first-order valence-corrected chi connectivity index (χ1v) is 6.26. The number of aromatic nitrogens is 1. The van der Waals surface area contributed by atoms with Crippen LogP contribution in [0.3, 0.4) is 0 Å². The quantitative estimate of drug-likeness (QED) is 0.853. The van der Waals surface area contributed by atoms with Crippen LogP contribution in [0.15, 0.2) is 30.5 Å². The Balaban J connectivity index is 2.30. The zero-order valence-electron chi connectivity index (χ0n) is 11.1. The van der Waals surface area contributed by atoms with E-state index in [2.05, 4.69) is 10.3 Å². The van der Waals surface area contributed by atoms with Crippen LogP contribution >= 0.6 is 11.6 Å². The second-order valence-electron chi connectivity index (χ2n) is 4.26. The maximum atomic E-state index is 12.2. The molecule has 1 aromatic heterocycles. The number of hydrogen-bond donors (Lipinski definition) is 2. The normalized spacial score (nSPS) is 10.2. The highest BCUT2D eigenvalue weighted by atomic mass is 35.5. The van der Waals surface area contributed by atoms with Crippen LogP contribution in [0.4, 0.5) is 11.4 Å². The Kier molecular flexibility index (Phi) is 4.10. The van der Waals surface area contributed by atoms with Gasteiger partial charge < -0.3 is 15.8 Å². The van der Waals surface area contributed by atoms with E-state index < -0.39 is 5.91 Å². The molecule has 0 bridgehead atoms. The third-order valence-corrected chi connectivity index (χ3v) is 3.01. The minimum absolute atomic E-state index is 0.0998. The number of hydrogen-bond acceptors (Lipinski definition) is 4. The monoisotopic (exact) mass is 291 g/mol. The van der Waals surface area contributed by atoms with Gasteiger partial charge in [-0.3, -0.25) is 4.79 Å². The van der Waals surface area contributed by atoms with Crippen LogP contribution in [-0.4, -0.2) is 18.0 Å². The molecule has 1 aromatic carbocycles. The highest BCUT2D eigenvalue weighted by Gasteiger charge is 2.14. The number of carbonyl (C=O) groups excluding carboxylic acids is 1. The number of rotatable bonds is 3. The van der Waals surface area contributed by atoms with E-state index in [1.165, 1.54) is 12.3 Å². The summed E-state index contributed by atoms with van der Waals surface area (Å²) in [6, 6.07) is 6.94. The van der Waals surface area contributed by atoms with E-state index in [1.807, 2.05) is 19.1 Å². The Morgan fingerprint density at radius 2 is 2.15 bits per heavy atom. The highest BCUT2D eigenvalue weighted by molar-refractivity contribution is 6.33. The van der Waals surface area contributed by atoms with Crippen molar-refractivity contribution in [3.8, 4) is 5.75 Å². The van der Waals surface area contributed by atoms with Gasteiger partial charge in [-0.15, -0.1) is 0 Å². The summed E-state index contributed by atoms with van der Waals surface area (Å²) >= 11 is 5.90. The molecular formula is C14H14ClN3O2. The number of benzene rings is 1. The van der Waals surface area contributed by atoms with Crippen molar-refractivity contribution < 1.29 is 9.53 Å². The molecule has 0 fully saturated rings. The van der Waals surface area contributed by atoms with Crippen molar-refractivity contribution in [1.29, 1.82) is 0 Å². The topological polar surface area (TPSA) is 77.2 Å². The molecule has 0 radical (unpaired) electrons. The van der Waals surface area contributed by atoms with Crippen LogP contribution < -0.4 is 15.8 Å². The van der Waals surface area contributed by atoms with Crippen molar-refractivity contribution in [2.45, 2.75) is 6.92 Å². The number of amides is 1. The first-order valence-electron chi connectivity index (χ1n) is 5.88. The molecule has 0 aliphatic carbocycles. The summed E-state index contributed by atoms with van der Waals surface area (Å²) < 4.78 is 5.23. The fourth-order valence-corrected chi connectivity index (χ4v) is 1.90. The number of halogens is 1. The smallest absolute Gasteiger partial charge is 0.258 e. The van der Waals surface area contributed by atoms with Gasteiger partial charge in [0, 0.05) is 0 Å². The van der Waals surface area contributed by atoms with Gasteiger partial charge in [-0.1, -0.05) is 17.7 Å². The van der Waals surface area contributed by atoms with Crippen molar-refractivity contribution in [1.82, 2.24) is 4.98 Å². The molecule has 104 valence electrons. The standard InChI is InChI=1S/C14H14ClN3O2/c1-8-3-4-11(12(5-8)20-2)18-14(19)10-6-9(16)7-17-13(10)15/h3-7H,16H2,1-2H3,(H,18,19). The summed E-state index contributed by atoms with van der Waals surface area (Å²) in [5.74, 6) is 0.184. The van der Waals surface area contributed by atoms with Gasteiger partial charge in [0.25, 0.3) is 5.91 Å². The SMILES string of the molecule is COc1cc(C)ccc1NC(=O)c1cc(N)cnc1Cl. The molecule has 5 nitrogen and oxygen atoms in total. The number of aryl methyl sites for hydroxylation is 1. The zero-order valence-corrected chi connectivity index (χ0v) is 11.9. The third-order valence-electron chi connectivity index (χ3n) is 2.71. The highest BCUT2D eigenvalue weighted by Crippen LogP contribution is 2.26. The number of pyridine rings is 1. The molecule has 20 heavy (non-hydrogen) atoms. The Morgan fingerprint density at radius 1 is 1.40 bits per heavy atom. The van der Waals surface area contributed by atoms with Crippen molar-refractivity contribution in [3.05, 3.63) is 46.7 Å². The first kappa shape index (κ1) is 14.1. The number of nitrogen functional groups attached to an aromatic ring is 1. The molecule has 0 aliphatic heterocycles. The molecule has 6 heteroatoms. The van der Waals surface area contributed by atoms with E-state index >= 15 is 0 Å². The summed E-state index contributed by atoms with van der Waals surface area (Å²) in [6.07, 6.45) is 1.39. The predicted molar refractivity (Wildman–Crippen MR) is 79.3 cm³/mol. The average Bonchev–Trinajstić information content (AvgIpc) is 2.43. The fourth-order valence-electron chi connectivity index (χ4n) is 1.71. The van der Waals surface area contributed by atoms with Crippen molar-refractivity contribution in [2.75, 3.05) is 18.2 Å². The molecule has 2 rings (SSSR count). The van der Waals surface area contributed by atoms with Gasteiger partial charge in [-0.2, -0.15) is 0 Å². The Labute approximate surface area is 121 Å². The number of methoxy groups -OCH3 is 1. The van der Waals surface area contributed by atoms with Crippen LogP contribution in [0.25, 0.3) is 0 Å². The maximum absolute atomic E-state index is 12.2. The molecule has 0 saturated heterocycles. The minimum atomic E-state index is -0.392. The van der Waals surface area contributed by atoms with Crippen LogP contribution in [0.2, 0.25) is 5.15 Å². The number of carbonyl (C=O) groups is 1. The molecule has 0 spiro atoms. The zero-order chi connectivity index (χ0) is 14.7. The second-order valence-corrected chi connectivity index (χ2v) is 4.62.